The first-order valence-electron chi connectivity index (χ1n) is 8.42. The van der Waals surface area contributed by atoms with Gasteiger partial charge in [0.15, 0.2) is 0 Å². The van der Waals surface area contributed by atoms with Gasteiger partial charge < -0.3 is 5.32 Å². The van der Waals surface area contributed by atoms with Crippen molar-refractivity contribution >= 4 is 11.6 Å². The van der Waals surface area contributed by atoms with E-state index in [1.54, 1.807) is 19.9 Å². The van der Waals surface area contributed by atoms with Gasteiger partial charge in [-0.25, -0.2) is 4.68 Å². The van der Waals surface area contributed by atoms with Crippen molar-refractivity contribution in [3.8, 4) is 11.3 Å². The number of nitrogens with zero attached hydrogens (tertiary/aromatic N) is 2. The Morgan fingerprint density at radius 1 is 1.00 bits per heavy atom. The molecule has 5 nitrogen and oxygen atoms in total. The lowest BCUT2D eigenvalue weighted by molar-refractivity contribution is -0.123. The highest BCUT2D eigenvalue weighted by Crippen LogP contribution is 2.20. The first-order valence-corrected chi connectivity index (χ1v) is 8.42. The summed E-state index contributed by atoms with van der Waals surface area (Å²) in [6.45, 7) is 5.32. The van der Waals surface area contributed by atoms with Crippen LogP contribution in [0.3, 0.4) is 0 Å². The van der Waals surface area contributed by atoms with Gasteiger partial charge in [0, 0.05) is 17.3 Å². The molecular weight excluding hydrogens is 326 g/mol. The average molecular weight is 347 g/mol. The fraction of sp³-hybridized carbons (Fsp3) is 0.190. The van der Waals surface area contributed by atoms with Gasteiger partial charge in [0.2, 0.25) is 0 Å². The van der Waals surface area contributed by atoms with E-state index in [4.69, 9.17) is 0 Å². The molecule has 3 aromatic rings. The number of hydrogen-bond acceptors (Lipinski definition) is 3. The van der Waals surface area contributed by atoms with E-state index >= 15 is 0 Å². The van der Waals surface area contributed by atoms with Gasteiger partial charge in [-0.1, -0.05) is 42.5 Å². The van der Waals surface area contributed by atoms with Crippen LogP contribution in [-0.4, -0.2) is 15.7 Å². The molecule has 3 rings (SSSR count). The molecule has 1 N–H and O–H groups in total. The summed E-state index contributed by atoms with van der Waals surface area (Å²) in [6.07, 6.45) is 0. The molecule has 0 fully saturated rings. The number of anilines is 1. The first kappa shape index (κ1) is 17.6. The van der Waals surface area contributed by atoms with Gasteiger partial charge in [-0.15, -0.1) is 0 Å². The van der Waals surface area contributed by atoms with E-state index in [0.717, 1.165) is 11.1 Å². The Bertz CT molecular complexity index is 991. The largest absolute Gasteiger partial charge is 0.324 e. The topological polar surface area (TPSA) is 64.0 Å². The highest BCUT2D eigenvalue weighted by molar-refractivity contribution is 5.96. The molecule has 0 spiro atoms. The molecule has 0 aliphatic rings. The van der Waals surface area contributed by atoms with Gasteiger partial charge in [0.05, 0.1) is 5.69 Å². The fourth-order valence-corrected chi connectivity index (χ4v) is 2.68. The molecule has 5 heteroatoms. The molecule has 132 valence electrons. The summed E-state index contributed by atoms with van der Waals surface area (Å²) < 4.78 is 1.24. The van der Waals surface area contributed by atoms with Crippen molar-refractivity contribution in [1.29, 1.82) is 0 Å². The van der Waals surface area contributed by atoms with E-state index in [1.807, 2.05) is 61.5 Å². The third-order valence-corrected chi connectivity index (χ3v) is 4.23. The van der Waals surface area contributed by atoms with Crippen LogP contribution in [0.15, 0.2) is 71.5 Å². The van der Waals surface area contributed by atoms with Crippen LogP contribution in [0.5, 0.6) is 0 Å². The number of amides is 1. The Balaban J connectivity index is 1.95. The minimum atomic E-state index is -1.15. The molecule has 0 aliphatic carbocycles. The molecule has 0 aliphatic heterocycles. The van der Waals surface area contributed by atoms with Gasteiger partial charge in [0.25, 0.3) is 11.5 Å². The lowest BCUT2D eigenvalue weighted by atomic mass is 10.0. The smallest absolute Gasteiger partial charge is 0.267 e. The second kappa shape index (κ2) is 6.96. The van der Waals surface area contributed by atoms with Crippen molar-refractivity contribution in [2.24, 2.45) is 0 Å². The standard InChI is InChI=1S/C21H21N3O2/c1-15-8-7-11-17(14-15)22-20(26)21(2,3)24-19(25)13-12-18(23-24)16-9-5-4-6-10-16/h4-14H,1-3H3,(H,22,26). The quantitative estimate of drug-likeness (QED) is 0.784. The minimum absolute atomic E-state index is 0.303. The van der Waals surface area contributed by atoms with Crippen LogP contribution in [0, 0.1) is 6.92 Å². The van der Waals surface area contributed by atoms with E-state index in [1.165, 1.54) is 10.7 Å². The first-order chi connectivity index (χ1) is 12.4. The van der Waals surface area contributed by atoms with Gasteiger partial charge >= 0.3 is 0 Å². The van der Waals surface area contributed by atoms with E-state index in [-0.39, 0.29) is 11.5 Å². The van der Waals surface area contributed by atoms with Crippen LogP contribution in [0.2, 0.25) is 0 Å². The van der Waals surface area contributed by atoms with Crippen molar-refractivity contribution in [3.63, 3.8) is 0 Å². The number of nitrogens with one attached hydrogen (secondary N) is 1. The fourth-order valence-electron chi connectivity index (χ4n) is 2.68. The van der Waals surface area contributed by atoms with Crippen molar-refractivity contribution in [2.45, 2.75) is 26.3 Å². The molecule has 0 saturated heterocycles. The second-order valence-electron chi connectivity index (χ2n) is 6.72. The Kier molecular flexibility index (Phi) is 4.71. The normalized spacial score (nSPS) is 11.2. The number of aromatic nitrogens is 2. The zero-order chi connectivity index (χ0) is 18.7. The summed E-state index contributed by atoms with van der Waals surface area (Å²) in [5.74, 6) is -0.303. The molecule has 1 aromatic heterocycles. The summed E-state index contributed by atoms with van der Waals surface area (Å²) in [5.41, 5.74) is 1.79. The molecule has 0 radical (unpaired) electrons. The van der Waals surface area contributed by atoms with Gasteiger partial charge in [-0.05, 0) is 44.5 Å². The van der Waals surface area contributed by atoms with Crippen LogP contribution in [0.4, 0.5) is 5.69 Å². The molecule has 1 amide bonds. The van der Waals surface area contributed by atoms with Crippen LogP contribution in [0.1, 0.15) is 19.4 Å². The lowest BCUT2D eigenvalue weighted by Crippen LogP contribution is -2.47. The Morgan fingerprint density at radius 3 is 2.42 bits per heavy atom. The van der Waals surface area contributed by atoms with Crippen LogP contribution in [0.25, 0.3) is 11.3 Å². The highest BCUT2D eigenvalue weighted by Gasteiger charge is 2.32. The van der Waals surface area contributed by atoms with Crippen molar-refractivity contribution < 1.29 is 4.79 Å². The van der Waals surface area contributed by atoms with Crippen LogP contribution < -0.4 is 10.9 Å². The molecular formula is C21H21N3O2. The van der Waals surface area contributed by atoms with Crippen molar-refractivity contribution in [2.75, 3.05) is 5.32 Å². The number of benzene rings is 2. The summed E-state index contributed by atoms with van der Waals surface area (Å²) in [5, 5.41) is 7.31. The van der Waals surface area contributed by atoms with Gasteiger partial charge in [0.1, 0.15) is 5.54 Å². The van der Waals surface area contributed by atoms with Crippen molar-refractivity contribution in [3.05, 3.63) is 82.6 Å². The molecule has 0 atom stereocenters. The third-order valence-electron chi connectivity index (χ3n) is 4.23. The van der Waals surface area contributed by atoms with E-state index in [9.17, 15) is 9.59 Å². The second-order valence-corrected chi connectivity index (χ2v) is 6.72. The maximum absolute atomic E-state index is 12.8. The minimum Gasteiger partial charge on any atom is -0.324 e. The molecule has 0 saturated carbocycles. The summed E-state index contributed by atoms with van der Waals surface area (Å²) >= 11 is 0. The molecule has 2 aromatic carbocycles. The highest BCUT2D eigenvalue weighted by atomic mass is 16.2. The van der Waals surface area contributed by atoms with E-state index in [0.29, 0.717) is 11.4 Å². The number of carbonyl (C=O) groups is 1. The van der Waals surface area contributed by atoms with Crippen LogP contribution >= 0.6 is 0 Å². The third kappa shape index (κ3) is 3.57. The van der Waals surface area contributed by atoms with Gasteiger partial charge in [-0.2, -0.15) is 5.10 Å². The molecule has 0 bridgehead atoms. The maximum atomic E-state index is 12.8. The number of aryl methyl sites for hydroxylation is 1. The predicted octanol–water partition coefficient (Wildman–Crippen LogP) is 3.59. The van der Waals surface area contributed by atoms with E-state index < -0.39 is 5.54 Å². The predicted molar refractivity (Wildman–Crippen MR) is 103 cm³/mol. The van der Waals surface area contributed by atoms with Gasteiger partial charge in [-0.3, -0.25) is 9.59 Å². The Hall–Kier alpha value is -3.21. The maximum Gasteiger partial charge on any atom is 0.267 e. The zero-order valence-electron chi connectivity index (χ0n) is 15.1. The summed E-state index contributed by atoms with van der Waals surface area (Å²) in [4.78, 5) is 25.2. The summed E-state index contributed by atoms with van der Waals surface area (Å²) in [6, 6.07) is 20.2. The monoisotopic (exact) mass is 347 g/mol. The number of rotatable bonds is 4. The summed E-state index contributed by atoms with van der Waals surface area (Å²) in [7, 11) is 0. The van der Waals surface area contributed by atoms with Crippen LogP contribution in [-0.2, 0) is 10.3 Å². The molecule has 26 heavy (non-hydrogen) atoms. The number of carbonyl (C=O) groups excluding carboxylic acids is 1. The SMILES string of the molecule is Cc1cccc(NC(=O)C(C)(C)n2nc(-c3ccccc3)ccc2=O)c1. The Labute approximate surface area is 152 Å². The lowest BCUT2D eigenvalue weighted by Gasteiger charge is -2.25. The average Bonchev–Trinajstić information content (AvgIpc) is 2.62. The van der Waals surface area contributed by atoms with Crippen molar-refractivity contribution in [1.82, 2.24) is 9.78 Å². The van der Waals surface area contributed by atoms with E-state index in [2.05, 4.69) is 10.4 Å². The molecule has 0 unspecified atom stereocenters. The number of hydrogen-bond donors (Lipinski definition) is 1. The Morgan fingerprint density at radius 2 is 1.73 bits per heavy atom. The molecule has 1 heterocycles. The zero-order valence-corrected chi connectivity index (χ0v) is 15.1.